The van der Waals surface area contributed by atoms with E-state index < -0.39 is 31.3 Å². The second-order valence-corrected chi connectivity index (χ2v) is 10.5. The van der Waals surface area contributed by atoms with Crippen LogP contribution in [0.4, 0.5) is 0 Å². The molecule has 0 unspecified atom stereocenters. The SMILES string of the molecule is Cc1ccc(C(=O)[I+]C(=O)c2ccc(C)cc2)cc1.Cc1ccc(S(=O)(=O)[O-])cc1. The van der Waals surface area contributed by atoms with Gasteiger partial charge in [-0.15, -0.1) is 0 Å². The Balaban J connectivity index is 0.000000248. The van der Waals surface area contributed by atoms with E-state index in [-0.39, 0.29) is 12.5 Å². The standard InChI is InChI=1S/C16H14IO2.C7H8O3S/c1-11-3-7-13(8-4-11)15(18)17-16(19)14-9-5-12(2)6-10-14;1-6-2-4-7(5-3-6)11(8,9)10/h3-10H,1-2H3;2-5H,1H3,(H,8,9,10)/q+1;/p-1. The molecule has 0 fully saturated rings. The van der Waals surface area contributed by atoms with Crippen molar-refractivity contribution in [3.8, 4) is 0 Å². The molecule has 0 heterocycles. The van der Waals surface area contributed by atoms with Gasteiger partial charge < -0.3 is 4.55 Å². The predicted octanol–water partition coefficient (Wildman–Crippen LogP) is 1.27. The van der Waals surface area contributed by atoms with Crippen LogP contribution in [0, 0.1) is 20.8 Å². The fraction of sp³-hybridized carbons (Fsp3) is 0.130. The van der Waals surface area contributed by atoms with Crippen LogP contribution in [-0.4, -0.2) is 20.6 Å². The van der Waals surface area contributed by atoms with Crippen LogP contribution >= 0.6 is 0 Å². The molecule has 0 bridgehead atoms. The summed E-state index contributed by atoms with van der Waals surface area (Å²) in [6, 6.07) is 20.5. The molecule has 0 N–H and O–H groups in total. The molecule has 0 aliphatic heterocycles. The quantitative estimate of drug-likeness (QED) is 0.279. The van der Waals surface area contributed by atoms with E-state index in [9.17, 15) is 22.6 Å². The van der Waals surface area contributed by atoms with Crippen molar-refractivity contribution < 1.29 is 43.8 Å². The van der Waals surface area contributed by atoms with Gasteiger partial charge in [0.05, 0.1) is 16.0 Å². The van der Waals surface area contributed by atoms with Gasteiger partial charge in [-0.05, 0) is 57.2 Å². The van der Waals surface area contributed by atoms with E-state index in [4.69, 9.17) is 0 Å². The maximum atomic E-state index is 12.0. The maximum absolute atomic E-state index is 12.0. The summed E-state index contributed by atoms with van der Waals surface area (Å²) in [5, 5.41) is 0. The van der Waals surface area contributed by atoms with Crippen LogP contribution in [0.15, 0.2) is 77.7 Å². The van der Waals surface area contributed by atoms with E-state index >= 15 is 0 Å². The highest BCUT2D eigenvalue weighted by atomic mass is 127. The zero-order valence-corrected chi connectivity index (χ0v) is 19.7. The highest BCUT2D eigenvalue weighted by Crippen LogP contribution is 2.08. The first kappa shape index (κ1) is 23.9. The van der Waals surface area contributed by atoms with Crippen LogP contribution in [0.5, 0.6) is 0 Å². The van der Waals surface area contributed by atoms with Gasteiger partial charge in [0.1, 0.15) is 10.1 Å². The molecule has 0 amide bonds. The van der Waals surface area contributed by atoms with E-state index in [0.717, 1.165) is 16.7 Å². The van der Waals surface area contributed by atoms with Crippen molar-refractivity contribution in [2.45, 2.75) is 25.7 Å². The van der Waals surface area contributed by atoms with Gasteiger partial charge in [-0.3, -0.25) is 0 Å². The van der Waals surface area contributed by atoms with E-state index in [1.807, 2.05) is 45.0 Å². The summed E-state index contributed by atoms with van der Waals surface area (Å²) in [7, 11) is -4.27. The number of hydrogen-bond acceptors (Lipinski definition) is 5. The lowest BCUT2D eigenvalue weighted by atomic mass is 10.2. The fourth-order valence-electron chi connectivity index (χ4n) is 2.26. The second kappa shape index (κ2) is 10.6. The Labute approximate surface area is 187 Å². The number of benzene rings is 3. The van der Waals surface area contributed by atoms with Crippen LogP contribution in [0.3, 0.4) is 0 Å². The van der Waals surface area contributed by atoms with Gasteiger partial charge in [-0.25, -0.2) is 18.0 Å². The van der Waals surface area contributed by atoms with Gasteiger partial charge in [-0.1, -0.05) is 53.1 Å². The third kappa shape index (κ3) is 7.47. The summed E-state index contributed by atoms with van der Waals surface area (Å²) in [6.45, 7) is 5.77. The van der Waals surface area contributed by atoms with Crippen LogP contribution in [0.25, 0.3) is 0 Å². The van der Waals surface area contributed by atoms with Crippen LogP contribution < -0.4 is 21.2 Å². The molecular weight excluding hydrogens is 515 g/mol. The average Bonchev–Trinajstić information content (AvgIpc) is 2.69. The molecular formula is C23H21IO5S. The first-order valence-electron chi connectivity index (χ1n) is 8.95. The molecule has 7 heteroatoms. The Morgan fingerprint density at radius 3 is 1.23 bits per heavy atom. The molecule has 156 valence electrons. The molecule has 0 aromatic heterocycles. The first-order valence-corrected chi connectivity index (χ1v) is 12.5. The maximum Gasteiger partial charge on any atom is 0.452 e. The lowest BCUT2D eigenvalue weighted by molar-refractivity contribution is -0.450. The first-order chi connectivity index (χ1) is 14.1. The van der Waals surface area contributed by atoms with Crippen molar-refractivity contribution in [3.05, 3.63) is 101 Å². The van der Waals surface area contributed by atoms with Crippen LogP contribution in [0.1, 0.15) is 37.4 Å². The molecule has 0 spiro atoms. The molecule has 0 saturated heterocycles. The van der Waals surface area contributed by atoms with Crippen molar-refractivity contribution in [1.82, 2.24) is 0 Å². The lowest BCUT2D eigenvalue weighted by Crippen LogP contribution is -3.67. The average molecular weight is 536 g/mol. The molecule has 0 radical (unpaired) electrons. The van der Waals surface area contributed by atoms with Gasteiger partial charge >= 0.3 is 28.8 Å². The summed E-state index contributed by atoms with van der Waals surface area (Å²) in [5.74, 6) is 0. The highest BCUT2D eigenvalue weighted by molar-refractivity contribution is 7.85. The molecule has 0 aliphatic rings. The van der Waals surface area contributed by atoms with Gasteiger partial charge in [0.2, 0.25) is 0 Å². The molecule has 0 aliphatic carbocycles. The summed E-state index contributed by atoms with van der Waals surface area (Å²) in [6.07, 6.45) is 0. The van der Waals surface area contributed by atoms with Crippen LogP contribution in [-0.2, 0) is 10.1 Å². The van der Waals surface area contributed by atoms with Gasteiger partial charge in [0, 0.05) is 0 Å². The zero-order chi connectivity index (χ0) is 22.3. The summed E-state index contributed by atoms with van der Waals surface area (Å²) in [4.78, 5) is 23.9. The number of rotatable bonds is 5. The number of halogens is 1. The van der Waals surface area contributed by atoms with Crippen LogP contribution in [0.2, 0.25) is 0 Å². The molecule has 0 atom stereocenters. The molecule has 0 saturated carbocycles. The molecule has 3 aromatic carbocycles. The topological polar surface area (TPSA) is 91.3 Å². The molecule has 3 rings (SSSR count). The van der Waals surface area contributed by atoms with Crippen molar-refractivity contribution in [2.24, 2.45) is 0 Å². The monoisotopic (exact) mass is 536 g/mol. The van der Waals surface area contributed by atoms with Gasteiger partial charge in [0.25, 0.3) is 0 Å². The fourth-order valence-corrected chi connectivity index (χ4v) is 4.52. The Morgan fingerprint density at radius 2 is 0.933 bits per heavy atom. The lowest BCUT2D eigenvalue weighted by Gasteiger charge is -2.05. The normalized spacial score (nSPS) is 10.7. The molecule has 5 nitrogen and oxygen atoms in total. The smallest absolute Gasteiger partial charge is 0.452 e. The number of carbonyl (C=O) groups is 2. The third-order valence-electron chi connectivity index (χ3n) is 4.04. The molecule has 3 aromatic rings. The Morgan fingerprint density at radius 1 is 0.633 bits per heavy atom. The molecule has 30 heavy (non-hydrogen) atoms. The summed E-state index contributed by atoms with van der Waals surface area (Å²) < 4.78 is 31.1. The number of carbonyl (C=O) groups excluding carboxylic acids is 2. The van der Waals surface area contributed by atoms with Crippen molar-refractivity contribution in [3.63, 3.8) is 0 Å². The zero-order valence-electron chi connectivity index (χ0n) is 16.8. The van der Waals surface area contributed by atoms with Gasteiger partial charge in [-0.2, -0.15) is 0 Å². The Kier molecular flexibility index (Phi) is 8.45. The largest absolute Gasteiger partial charge is 0.744 e. The number of hydrogen-bond donors (Lipinski definition) is 0. The van der Waals surface area contributed by atoms with E-state index in [0.29, 0.717) is 11.1 Å². The highest BCUT2D eigenvalue weighted by Gasteiger charge is 2.32. The van der Waals surface area contributed by atoms with Crippen molar-refractivity contribution in [2.75, 3.05) is 0 Å². The van der Waals surface area contributed by atoms with E-state index in [1.54, 1.807) is 36.4 Å². The summed E-state index contributed by atoms with van der Waals surface area (Å²) >= 11 is -1.16. The minimum atomic E-state index is -4.27. The van der Waals surface area contributed by atoms with Gasteiger partial charge in [0.15, 0.2) is 0 Å². The number of aryl methyl sites for hydroxylation is 3. The minimum Gasteiger partial charge on any atom is -0.744 e. The summed E-state index contributed by atoms with van der Waals surface area (Å²) in [5.41, 5.74) is 4.43. The predicted molar refractivity (Wildman–Crippen MR) is 110 cm³/mol. The van der Waals surface area contributed by atoms with E-state index in [1.165, 1.54) is 12.1 Å². The Hall–Kier alpha value is -2.36. The third-order valence-corrected chi connectivity index (χ3v) is 7.11. The van der Waals surface area contributed by atoms with Crippen molar-refractivity contribution >= 4 is 17.7 Å². The van der Waals surface area contributed by atoms with E-state index in [2.05, 4.69) is 0 Å². The van der Waals surface area contributed by atoms with Crippen molar-refractivity contribution in [1.29, 1.82) is 0 Å². The Bertz CT molecular complexity index is 1060. The second-order valence-electron chi connectivity index (χ2n) is 6.64. The minimum absolute atomic E-state index is 0.0237.